The van der Waals surface area contributed by atoms with Gasteiger partial charge in [-0.15, -0.1) is 0 Å². The fourth-order valence-corrected chi connectivity index (χ4v) is 3.15. The van der Waals surface area contributed by atoms with Crippen LogP contribution in [0.15, 0.2) is 16.8 Å². The molecule has 6 heteroatoms. The van der Waals surface area contributed by atoms with Crippen molar-refractivity contribution < 1.29 is 14.7 Å². The third-order valence-corrected chi connectivity index (χ3v) is 4.37. The second kappa shape index (κ2) is 6.85. The predicted molar refractivity (Wildman–Crippen MR) is 77.7 cm³/mol. The molecule has 1 aliphatic carbocycles. The Morgan fingerprint density at radius 2 is 2.10 bits per heavy atom. The number of hydrogen-bond donors (Lipinski definition) is 3. The smallest absolute Gasteiger partial charge is 0.252 e. The maximum atomic E-state index is 11.9. The first-order chi connectivity index (χ1) is 9.65. The van der Waals surface area contributed by atoms with E-state index in [0.29, 0.717) is 12.1 Å². The number of aliphatic hydroxyl groups is 1. The second-order valence-corrected chi connectivity index (χ2v) is 5.99. The topological polar surface area (TPSA) is 78.4 Å². The Morgan fingerprint density at radius 1 is 1.35 bits per heavy atom. The van der Waals surface area contributed by atoms with Gasteiger partial charge < -0.3 is 15.7 Å². The average molecular weight is 296 g/mol. The summed E-state index contributed by atoms with van der Waals surface area (Å²) < 4.78 is 0. The minimum Gasteiger partial charge on any atom is -0.394 e. The molecule has 0 bridgehead atoms. The number of amides is 2. The summed E-state index contributed by atoms with van der Waals surface area (Å²) in [4.78, 5) is 23.5. The van der Waals surface area contributed by atoms with Gasteiger partial charge >= 0.3 is 0 Å². The molecule has 110 valence electrons. The number of hydrogen-bond acceptors (Lipinski definition) is 4. The van der Waals surface area contributed by atoms with E-state index in [1.807, 2.05) is 5.38 Å². The molecule has 0 radical (unpaired) electrons. The lowest BCUT2D eigenvalue weighted by Gasteiger charge is -2.28. The van der Waals surface area contributed by atoms with E-state index in [9.17, 15) is 14.7 Å². The molecule has 0 aromatic carbocycles. The molecular formula is C14H20N2O3S. The maximum absolute atomic E-state index is 11.9. The minimum atomic E-state index is -0.436. The molecule has 5 nitrogen and oxygen atoms in total. The molecule has 20 heavy (non-hydrogen) atoms. The third kappa shape index (κ3) is 3.80. The Balaban J connectivity index is 1.71. The van der Waals surface area contributed by atoms with E-state index in [4.69, 9.17) is 0 Å². The molecule has 0 saturated heterocycles. The van der Waals surface area contributed by atoms with Gasteiger partial charge in [-0.25, -0.2) is 0 Å². The van der Waals surface area contributed by atoms with Crippen LogP contribution in [0.4, 0.5) is 0 Å². The Kier molecular flexibility index (Phi) is 5.14. The van der Waals surface area contributed by atoms with E-state index in [-0.39, 0.29) is 24.8 Å². The lowest BCUT2D eigenvalue weighted by Crippen LogP contribution is -2.49. The number of carbonyl (C=O) groups is 2. The van der Waals surface area contributed by atoms with Gasteiger partial charge in [-0.3, -0.25) is 9.59 Å². The lowest BCUT2D eigenvalue weighted by atomic mass is 9.99. The van der Waals surface area contributed by atoms with Crippen molar-refractivity contribution in [3.8, 4) is 0 Å². The van der Waals surface area contributed by atoms with Gasteiger partial charge in [0.2, 0.25) is 5.91 Å². The van der Waals surface area contributed by atoms with Crippen LogP contribution in [0.25, 0.3) is 0 Å². The van der Waals surface area contributed by atoms with Crippen LogP contribution in [0.3, 0.4) is 0 Å². The first kappa shape index (κ1) is 15.0. The van der Waals surface area contributed by atoms with Crippen molar-refractivity contribution in [2.75, 3.05) is 13.2 Å². The SMILES string of the molecule is O=C(CCNC(=O)c1ccsc1)NC1(CO)CCCC1. The Labute approximate surface area is 122 Å². The van der Waals surface area contributed by atoms with Crippen molar-refractivity contribution >= 4 is 23.2 Å². The second-order valence-electron chi connectivity index (χ2n) is 5.21. The highest BCUT2D eigenvalue weighted by Gasteiger charge is 2.34. The number of carbonyl (C=O) groups excluding carboxylic acids is 2. The summed E-state index contributed by atoms with van der Waals surface area (Å²) in [7, 11) is 0. The molecular weight excluding hydrogens is 276 g/mol. The highest BCUT2D eigenvalue weighted by atomic mass is 32.1. The van der Waals surface area contributed by atoms with E-state index in [0.717, 1.165) is 25.7 Å². The summed E-state index contributed by atoms with van der Waals surface area (Å²) in [5, 5.41) is 18.7. The van der Waals surface area contributed by atoms with Crippen molar-refractivity contribution in [1.29, 1.82) is 0 Å². The van der Waals surface area contributed by atoms with E-state index >= 15 is 0 Å². The van der Waals surface area contributed by atoms with Crippen LogP contribution in [0.5, 0.6) is 0 Å². The van der Waals surface area contributed by atoms with E-state index in [2.05, 4.69) is 10.6 Å². The molecule has 1 saturated carbocycles. The van der Waals surface area contributed by atoms with Gasteiger partial charge in [0.05, 0.1) is 12.1 Å². The van der Waals surface area contributed by atoms with E-state index in [1.165, 1.54) is 11.3 Å². The fraction of sp³-hybridized carbons (Fsp3) is 0.571. The van der Waals surface area contributed by atoms with Crippen LogP contribution in [-0.2, 0) is 4.79 Å². The fourth-order valence-electron chi connectivity index (χ4n) is 2.52. The van der Waals surface area contributed by atoms with Crippen molar-refractivity contribution in [2.45, 2.75) is 37.6 Å². The number of thiophene rings is 1. The molecule has 2 rings (SSSR count). The Hall–Kier alpha value is -1.40. The molecule has 0 aliphatic heterocycles. The molecule has 0 spiro atoms. The molecule has 1 fully saturated rings. The molecule has 0 unspecified atom stereocenters. The molecule has 0 atom stereocenters. The third-order valence-electron chi connectivity index (χ3n) is 3.69. The van der Waals surface area contributed by atoms with E-state index in [1.54, 1.807) is 11.4 Å². The van der Waals surface area contributed by atoms with Crippen molar-refractivity contribution in [3.63, 3.8) is 0 Å². The van der Waals surface area contributed by atoms with Gasteiger partial charge in [0.1, 0.15) is 0 Å². The summed E-state index contributed by atoms with van der Waals surface area (Å²) in [6.07, 6.45) is 3.97. The summed E-state index contributed by atoms with van der Waals surface area (Å²) in [5.41, 5.74) is 0.187. The summed E-state index contributed by atoms with van der Waals surface area (Å²) in [6.45, 7) is 0.294. The zero-order chi connectivity index (χ0) is 14.4. The first-order valence-electron chi connectivity index (χ1n) is 6.87. The van der Waals surface area contributed by atoms with Gasteiger partial charge in [-0.1, -0.05) is 12.8 Å². The normalized spacial score (nSPS) is 16.9. The zero-order valence-electron chi connectivity index (χ0n) is 11.4. The monoisotopic (exact) mass is 296 g/mol. The number of aliphatic hydroxyl groups excluding tert-OH is 1. The standard InChI is InChI=1S/C14H20N2O3S/c17-10-14(5-1-2-6-14)16-12(18)3-7-15-13(19)11-4-8-20-9-11/h4,8-9,17H,1-3,5-7,10H2,(H,15,19)(H,16,18). The maximum Gasteiger partial charge on any atom is 0.252 e. The molecule has 1 aliphatic rings. The van der Waals surface area contributed by atoms with Crippen molar-refractivity contribution in [3.05, 3.63) is 22.4 Å². The molecule has 1 heterocycles. The summed E-state index contributed by atoms with van der Waals surface area (Å²) in [6, 6.07) is 1.75. The largest absolute Gasteiger partial charge is 0.394 e. The van der Waals surface area contributed by atoms with Crippen LogP contribution in [-0.4, -0.2) is 35.6 Å². The molecule has 2 amide bonds. The Bertz CT molecular complexity index is 453. The molecule has 1 aromatic rings. The van der Waals surface area contributed by atoms with E-state index < -0.39 is 5.54 Å². The van der Waals surface area contributed by atoms with Crippen LogP contribution >= 0.6 is 11.3 Å². The minimum absolute atomic E-state index is 0.0139. The van der Waals surface area contributed by atoms with Gasteiger partial charge in [0, 0.05) is 23.9 Å². The van der Waals surface area contributed by atoms with Gasteiger partial charge in [-0.05, 0) is 24.3 Å². The number of rotatable bonds is 6. The van der Waals surface area contributed by atoms with Crippen LogP contribution < -0.4 is 10.6 Å². The van der Waals surface area contributed by atoms with Crippen LogP contribution in [0.1, 0.15) is 42.5 Å². The van der Waals surface area contributed by atoms with Crippen LogP contribution in [0, 0.1) is 0 Å². The summed E-state index contributed by atoms with van der Waals surface area (Å²) >= 11 is 1.46. The highest BCUT2D eigenvalue weighted by molar-refractivity contribution is 7.08. The molecule has 3 N–H and O–H groups in total. The lowest BCUT2D eigenvalue weighted by molar-refractivity contribution is -0.123. The van der Waals surface area contributed by atoms with Crippen molar-refractivity contribution in [1.82, 2.24) is 10.6 Å². The summed E-state index contributed by atoms with van der Waals surface area (Å²) in [5.74, 6) is -0.275. The van der Waals surface area contributed by atoms with Gasteiger partial charge in [0.15, 0.2) is 0 Å². The van der Waals surface area contributed by atoms with Crippen LogP contribution in [0.2, 0.25) is 0 Å². The first-order valence-corrected chi connectivity index (χ1v) is 7.82. The van der Waals surface area contributed by atoms with Gasteiger partial charge in [0.25, 0.3) is 5.91 Å². The van der Waals surface area contributed by atoms with Crippen molar-refractivity contribution in [2.24, 2.45) is 0 Å². The zero-order valence-corrected chi connectivity index (χ0v) is 12.2. The molecule has 1 aromatic heterocycles. The highest BCUT2D eigenvalue weighted by Crippen LogP contribution is 2.29. The number of nitrogens with one attached hydrogen (secondary N) is 2. The quantitative estimate of drug-likeness (QED) is 0.740. The Morgan fingerprint density at radius 3 is 2.70 bits per heavy atom. The predicted octanol–water partition coefficient (Wildman–Crippen LogP) is 1.29. The van der Waals surface area contributed by atoms with Gasteiger partial charge in [-0.2, -0.15) is 11.3 Å². The average Bonchev–Trinajstić information content (AvgIpc) is 3.10.